The first kappa shape index (κ1) is 14.8. The Morgan fingerprint density at radius 1 is 1.00 bits per heavy atom. The lowest BCUT2D eigenvalue weighted by Crippen LogP contribution is -2.36. The van der Waals surface area contributed by atoms with Crippen molar-refractivity contribution < 1.29 is 19.1 Å². The fraction of sp³-hybridized carbons (Fsp3) is 0.263. The number of imide groups is 1. The first-order valence-electron chi connectivity index (χ1n) is 8.05. The van der Waals surface area contributed by atoms with Crippen molar-refractivity contribution >= 4 is 12.0 Å². The molecule has 0 atom stereocenters. The van der Waals surface area contributed by atoms with Crippen molar-refractivity contribution in [1.82, 2.24) is 5.32 Å². The van der Waals surface area contributed by atoms with Gasteiger partial charge in [0.05, 0.1) is 12.5 Å². The first-order chi connectivity index (χ1) is 11.7. The average Bonchev–Trinajstić information content (AvgIpc) is 3.42. The molecular weight excluding hydrogens is 306 g/mol. The zero-order chi connectivity index (χ0) is 16.5. The number of alkyl carbamates (subject to hydrolysis) is 1. The van der Waals surface area contributed by atoms with Gasteiger partial charge in [0.15, 0.2) is 0 Å². The molecule has 5 heteroatoms. The average molecular weight is 323 g/mol. The molecule has 1 aliphatic heterocycles. The summed E-state index contributed by atoms with van der Waals surface area (Å²) in [7, 11) is 0. The Balaban J connectivity index is 1.59. The molecule has 2 amide bonds. The minimum Gasteiger partial charge on any atom is -0.457 e. The molecular formula is C19H17NO4. The van der Waals surface area contributed by atoms with Crippen LogP contribution in [0.1, 0.15) is 29.9 Å². The number of amides is 2. The van der Waals surface area contributed by atoms with Gasteiger partial charge in [-0.2, -0.15) is 0 Å². The zero-order valence-electron chi connectivity index (χ0n) is 13.0. The van der Waals surface area contributed by atoms with Crippen LogP contribution < -0.4 is 10.1 Å². The van der Waals surface area contributed by atoms with Crippen LogP contribution in [0.4, 0.5) is 4.79 Å². The van der Waals surface area contributed by atoms with Gasteiger partial charge in [0.2, 0.25) is 5.91 Å². The number of rotatable bonds is 3. The van der Waals surface area contributed by atoms with Crippen molar-refractivity contribution in [3.05, 3.63) is 59.7 Å². The summed E-state index contributed by atoms with van der Waals surface area (Å²) in [5, 5.41) is 2.36. The van der Waals surface area contributed by atoms with E-state index < -0.39 is 17.9 Å². The minimum atomic E-state index is -0.687. The van der Waals surface area contributed by atoms with Crippen molar-refractivity contribution in [2.45, 2.75) is 18.8 Å². The van der Waals surface area contributed by atoms with Gasteiger partial charge in [0.1, 0.15) is 11.5 Å². The Labute approximate surface area is 139 Å². The molecule has 2 aromatic rings. The second kappa shape index (κ2) is 6.00. The van der Waals surface area contributed by atoms with E-state index in [4.69, 9.17) is 9.47 Å². The van der Waals surface area contributed by atoms with Gasteiger partial charge in [0, 0.05) is 11.1 Å². The summed E-state index contributed by atoms with van der Waals surface area (Å²) in [6, 6.07) is 14.7. The topological polar surface area (TPSA) is 64.6 Å². The van der Waals surface area contributed by atoms with E-state index in [1.165, 1.54) is 0 Å². The van der Waals surface area contributed by atoms with Crippen LogP contribution in [0.15, 0.2) is 48.5 Å². The standard InChI is InChI=1S/C19H17NO4/c21-18(20-19(22)23-11-12-9-10-12)17-13-5-1-3-7-15(13)24-16-8-4-2-6-14(16)17/h1-8,12,17H,9-11H2,(H,20,21,22). The largest absolute Gasteiger partial charge is 0.457 e. The van der Waals surface area contributed by atoms with E-state index in [2.05, 4.69) is 5.32 Å². The van der Waals surface area contributed by atoms with Gasteiger partial charge in [0.25, 0.3) is 0 Å². The third kappa shape index (κ3) is 2.85. The lowest BCUT2D eigenvalue weighted by atomic mass is 9.87. The van der Waals surface area contributed by atoms with Crippen LogP contribution in [0.2, 0.25) is 0 Å². The van der Waals surface area contributed by atoms with Crippen LogP contribution in [0.25, 0.3) is 0 Å². The molecule has 0 saturated heterocycles. The Morgan fingerprint density at radius 3 is 2.17 bits per heavy atom. The fourth-order valence-corrected chi connectivity index (χ4v) is 2.88. The highest BCUT2D eigenvalue weighted by atomic mass is 16.5. The molecule has 1 fully saturated rings. The number of carbonyl (C=O) groups is 2. The van der Waals surface area contributed by atoms with Gasteiger partial charge < -0.3 is 9.47 Å². The predicted molar refractivity (Wildman–Crippen MR) is 87.0 cm³/mol. The highest BCUT2D eigenvalue weighted by molar-refractivity contribution is 5.98. The smallest absolute Gasteiger partial charge is 0.413 e. The van der Waals surface area contributed by atoms with Gasteiger partial charge in [-0.15, -0.1) is 0 Å². The van der Waals surface area contributed by atoms with Gasteiger partial charge in [-0.3, -0.25) is 10.1 Å². The number of para-hydroxylation sites is 2. The molecule has 1 aliphatic carbocycles. The molecule has 24 heavy (non-hydrogen) atoms. The van der Waals surface area contributed by atoms with Crippen LogP contribution in [0.5, 0.6) is 11.5 Å². The van der Waals surface area contributed by atoms with E-state index in [9.17, 15) is 9.59 Å². The van der Waals surface area contributed by atoms with Gasteiger partial charge in [-0.1, -0.05) is 36.4 Å². The van der Waals surface area contributed by atoms with Gasteiger partial charge in [-0.05, 0) is 30.9 Å². The van der Waals surface area contributed by atoms with E-state index in [1.54, 1.807) is 0 Å². The van der Waals surface area contributed by atoms with Crippen molar-refractivity contribution in [3.63, 3.8) is 0 Å². The van der Waals surface area contributed by atoms with E-state index in [-0.39, 0.29) is 0 Å². The molecule has 4 rings (SSSR count). The molecule has 1 N–H and O–H groups in total. The summed E-state index contributed by atoms with van der Waals surface area (Å²) in [4.78, 5) is 24.6. The quantitative estimate of drug-likeness (QED) is 0.937. The Hall–Kier alpha value is -2.82. The molecule has 0 radical (unpaired) electrons. The second-order valence-corrected chi connectivity index (χ2v) is 6.14. The SMILES string of the molecule is O=C(NC(=O)C1c2ccccc2Oc2ccccc21)OCC1CC1. The number of ether oxygens (including phenoxy) is 2. The highest BCUT2D eigenvalue weighted by Crippen LogP contribution is 2.43. The maximum atomic E-state index is 12.7. The Bertz CT molecular complexity index is 752. The molecule has 122 valence electrons. The number of hydrogen-bond donors (Lipinski definition) is 1. The lowest BCUT2D eigenvalue weighted by Gasteiger charge is -2.27. The molecule has 0 unspecified atom stereocenters. The van der Waals surface area contributed by atoms with Crippen LogP contribution in [-0.4, -0.2) is 18.6 Å². The van der Waals surface area contributed by atoms with Crippen LogP contribution in [0, 0.1) is 5.92 Å². The summed E-state index contributed by atoms with van der Waals surface area (Å²) >= 11 is 0. The highest BCUT2D eigenvalue weighted by Gasteiger charge is 2.33. The van der Waals surface area contributed by atoms with E-state index >= 15 is 0 Å². The third-order valence-corrected chi connectivity index (χ3v) is 4.31. The number of hydrogen-bond acceptors (Lipinski definition) is 4. The molecule has 2 aromatic carbocycles. The predicted octanol–water partition coefficient (Wildman–Crippen LogP) is 3.59. The molecule has 1 saturated carbocycles. The van der Waals surface area contributed by atoms with Crippen molar-refractivity contribution in [2.75, 3.05) is 6.61 Å². The number of nitrogens with one attached hydrogen (secondary N) is 1. The zero-order valence-corrected chi connectivity index (χ0v) is 13.0. The van der Waals surface area contributed by atoms with Crippen LogP contribution >= 0.6 is 0 Å². The molecule has 1 heterocycles. The number of carbonyl (C=O) groups excluding carboxylic acids is 2. The first-order valence-corrected chi connectivity index (χ1v) is 8.05. The monoisotopic (exact) mass is 323 g/mol. The second-order valence-electron chi connectivity index (χ2n) is 6.14. The lowest BCUT2D eigenvalue weighted by molar-refractivity contribution is -0.121. The molecule has 0 bridgehead atoms. The minimum absolute atomic E-state index is 0.375. The number of fused-ring (bicyclic) bond motifs is 2. The molecule has 5 nitrogen and oxygen atoms in total. The molecule has 0 aromatic heterocycles. The third-order valence-electron chi connectivity index (χ3n) is 4.31. The van der Waals surface area contributed by atoms with Crippen LogP contribution in [-0.2, 0) is 9.53 Å². The summed E-state index contributed by atoms with van der Waals surface area (Å²) in [6.07, 6.45) is 1.48. The maximum absolute atomic E-state index is 12.7. The van der Waals surface area contributed by atoms with Gasteiger partial charge in [-0.25, -0.2) is 4.79 Å². The summed E-state index contributed by atoms with van der Waals surface area (Å²) in [5.74, 6) is 0.708. The van der Waals surface area contributed by atoms with Crippen molar-refractivity contribution in [2.24, 2.45) is 5.92 Å². The number of benzene rings is 2. The molecule has 0 spiro atoms. The van der Waals surface area contributed by atoms with Crippen molar-refractivity contribution in [1.29, 1.82) is 0 Å². The van der Waals surface area contributed by atoms with E-state index in [1.807, 2.05) is 48.5 Å². The fourth-order valence-electron chi connectivity index (χ4n) is 2.88. The summed E-state index contributed by atoms with van der Waals surface area (Å²) in [6.45, 7) is 0.375. The Morgan fingerprint density at radius 2 is 1.58 bits per heavy atom. The summed E-state index contributed by atoms with van der Waals surface area (Å²) in [5.41, 5.74) is 1.48. The Kier molecular flexibility index (Phi) is 3.69. The van der Waals surface area contributed by atoms with Crippen LogP contribution in [0.3, 0.4) is 0 Å². The summed E-state index contributed by atoms with van der Waals surface area (Å²) < 4.78 is 11.0. The van der Waals surface area contributed by atoms with E-state index in [0.29, 0.717) is 24.0 Å². The normalized spacial score (nSPS) is 15.7. The van der Waals surface area contributed by atoms with Gasteiger partial charge >= 0.3 is 6.09 Å². The van der Waals surface area contributed by atoms with Crippen molar-refractivity contribution in [3.8, 4) is 11.5 Å². The maximum Gasteiger partial charge on any atom is 0.413 e. The molecule has 2 aliphatic rings. The van der Waals surface area contributed by atoms with E-state index in [0.717, 1.165) is 24.0 Å².